The van der Waals surface area contributed by atoms with Gasteiger partial charge in [-0.2, -0.15) is 0 Å². The van der Waals surface area contributed by atoms with Gasteiger partial charge in [0.05, 0.1) is 5.69 Å². The number of carbonyl (C=O) groups excluding carboxylic acids is 1. The van der Waals surface area contributed by atoms with Crippen LogP contribution in [0.5, 0.6) is 5.75 Å². The molecule has 1 amide bonds. The number of hydrogen-bond acceptors (Lipinski definition) is 4. The van der Waals surface area contributed by atoms with Crippen LogP contribution in [-0.2, 0) is 9.53 Å². The zero-order chi connectivity index (χ0) is 14.7. The van der Waals surface area contributed by atoms with Crippen LogP contribution in [0.4, 0.5) is 11.4 Å². The maximum Gasteiger partial charge on any atom is 0.262 e. The third-order valence-electron chi connectivity index (χ3n) is 4.06. The van der Waals surface area contributed by atoms with E-state index in [-0.39, 0.29) is 12.5 Å². The van der Waals surface area contributed by atoms with Gasteiger partial charge in [-0.15, -0.1) is 0 Å². The van der Waals surface area contributed by atoms with Crippen LogP contribution in [0.15, 0.2) is 18.2 Å². The highest BCUT2D eigenvalue weighted by Crippen LogP contribution is 2.31. The van der Waals surface area contributed by atoms with Gasteiger partial charge in [0.15, 0.2) is 6.61 Å². The van der Waals surface area contributed by atoms with Crippen LogP contribution in [0.2, 0.25) is 0 Å². The van der Waals surface area contributed by atoms with Crippen molar-refractivity contribution in [1.82, 2.24) is 0 Å². The molecule has 1 aromatic carbocycles. The molecule has 0 saturated carbocycles. The predicted octanol–water partition coefficient (Wildman–Crippen LogP) is 2.63. The zero-order valence-corrected chi connectivity index (χ0v) is 12.4. The summed E-state index contributed by atoms with van der Waals surface area (Å²) in [4.78, 5) is 11.2. The second-order valence-electron chi connectivity index (χ2n) is 5.88. The Morgan fingerprint density at radius 2 is 2.19 bits per heavy atom. The van der Waals surface area contributed by atoms with Gasteiger partial charge in [-0.05, 0) is 44.2 Å². The van der Waals surface area contributed by atoms with Gasteiger partial charge in [-0.25, -0.2) is 0 Å². The van der Waals surface area contributed by atoms with E-state index >= 15 is 0 Å². The molecule has 0 unspecified atom stereocenters. The summed E-state index contributed by atoms with van der Waals surface area (Å²) in [5, 5.41) is 6.32. The Kier molecular flexibility index (Phi) is 4.29. The summed E-state index contributed by atoms with van der Waals surface area (Å²) < 4.78 is 10.8. The van der Waals surface area contributed by atoms with E-state index in [4.69, 9.17) is 9.47 Å². The Bertz CT molecular complexity index is 512. The summed E-state index contributed by atoms with van der Waals surface area (Å²) in [5.41, 5.74) is 1.78. The minimum atomic E-state index is -0.101. The molecule has 1 saturated heterocycles. The molecule has 1 atom stereocenters. The lowest BCUT2D eigenvalue weighted by atomic mass is 9.93. The number of rotatable bonds is 4. The lowest BCUT2D eigenvalue weighted by Gasteiger charge is -2.26. The van der Waals surface area contributed by atoms with E-state index in [1.54, 1.807) is 0 Å². The van der Waals surface area contributed by atoms with Crippen LogP contribution < -0.4 is 15.4 Å². The number of hydrogen-bond donors (Lipinski definition) is 2. The normalized spacial score (nSPS) is 20.1. The van der Waals surface area contributed by atoms with Crippen LogP contribution in [0.3, 0.4) is 0 Å². The molecule has 2 aliphatic rings. The third-order valence-corrected chi connectivity index (χ3v) is 4.06. The van der Waals surface area contributed by atoms with Gasteiger partial charge in [-0.1, -0.05) is 0 Å². The van der Waals surface area contributed by atoms with Gasteiger partial charge in [0.1, 0.15) is 5.75 Å². The maximum absolute atomic E-state index is 11.2. The van der Waals surface area contributed by atoms with Crippen molar-refractivity contribution >= 4 is 17.3 Å². The molecular formula is C16H22N2O3. The second-order valence-corrected chi connectivity index (χ2v) is 5.88. The minimum Gasteiger partial charge on any atom is -0.482 e. The SMILES string of the molecule is C[C@H](CC1CCOCC1)Nc1ccc2c(c1)OCC(=O)N2. The first-order chi connectivity index (χ1) is 10.2. The number of amides is 1. The lowest BCUT2D eigenvalue weighted by molar-refractivity contribution is -0.118. The van der Waals surface area contributed by atoms with E-state index in [0.717, 1.165) is 55.5 Å². The fraction of sp³-hybridized carbons (Fsp3) is 0.562. The highest BCUT2D eigenvalue weighted by Gasteiger charge is 2.18. The van der Waals surface area contributed by atoms with Crippen LogP contribution in [0.25, 0.3) is 0 Å². The summed E-state index contributed by atoms with van der Waals surface area (Å²) >= 11 is 0. The number of fused-ring (bicyclic) bond motifs is 1. The zero-order valence-electron chi connectivity index (χ0n) is 12.4. The first-order valence-corrected chi connectivity index (χ1v) is 7.61. The van der Waals surface area contributed by atoms with Crippen molar-refractivity contribution in [2.24, 2.45) is 5.92 Å². The van der Waals surface area contributed by atoms with E-state index in [0.29, 0.717) is 6.04 Å². The van der Waals surface area contributed by atoms with E-state index < -0.39 is 0 Å². The van der Waals surface area contributed by atoms with E-state index in [9.17, 15) is 4.79 Å². The standard InChI is InChI=1S/C16H22N2O3/c1-11(8-12-4-6-20-7-5-12)17-13-2-3-14-15(9-13)21-10-16(19)18-14/h2-3,9,11-12,17H,4-8,10H2,1H3,(H,18,19)/t11-/m1/s1. The highest BCUT2D eigenvalue weighted by atomic mass is 16.5. The molecule has 2 N–H and O–H groups in total. The molecule has 2 aliphatic heterocycles. The molecule has 1 fully saturated rings. The molecule has 5 nitrogen and oxygen atoms in total. The largest absolute Gasteiger partial charge is 0.482 e. The molecule has 3 rings (SSSR count). The van der Waals surface area contributed by atoms with Crippen molar-refractivity contribution in [1.29, 1.82) is 0 Å². The van der Waals surface area contributed by atoms with Gasteiger partial charge < -0.3 is 20.1 Å². The Morgan fingerprint density at radius 3 is 3.00 bits per heavy atom. The first-order valence-electron chi connectivity index (χ1n) is 7.61. The average Bonchev–Trinajstić information content (AvgIpc) is 2.48. The van der Waals surface area contributed by atoms with Crippen LogP contribution in [0.1, 0.15) is 26.2 Å². The summed E-state index contributed by atoms with van der Waals surface area (Å²) in [6.45, 7) is 4.08. The molecule has 114 valence electrons. The topological polar surface area (TPSA) is 59.6 Å². The van der Waals surface area contributed by atoms with Gasteiger partial charge in [0, 0.05) is 31.0 Å². The van der Waals surface area contributed by atoms with Gasteiger partial charge in [0.2, 0.25) is 0 Å². The smallest absolute Gasteiger partial charge is 0.262 e. The minimum absolute atomic E-state index is 0.0914. The van der Waals surface area contributed by atoms with Gasteiger partial charge >= 0.3 is 0 Å². The Labute approximate surface area is 125 Å². The van der Waals surface area contributed by atoms with E-state index in [1.165, 1.54) is 0 Å². The summed E-state index contributed by atoms with van der Waals surface area (Å²) in [6.07, 6.45) is 3.47. The molecule has 2 heterocycles. The van der Waals surface area contributed by atoms with Crippen molar-refractivity contribution in [2.45, 2.75) is 32.2 Å². The molecule has 5 heteroatoms. The average molecular weight is 290 g/mol. The van der Waals surface area contributed by atoms with Gasteiger partial charge in [0.25, 0.3) is 5.91 Å². The number of nitrogens with one attached hydrogen (secondary N) is 2. The molecule has 0 spiro atoms. The lowest BCUT2D eigenvalue weighted by Crippen LogP contribution is -2.26. The highest BCUT2D eigenvalue weighted by molar-refractivity contribution is 5.95. The van der Waals surface area contributed by atoms with Crippen molar-refractivity contribution in [3.63, 3.8) is 0 Å². The Balaban J connectivity index is 1.58. The molecule has 1 aromatic rings. The summed E-state index contributed by atoms with van der Waals surface area (Å²) in [5.74, 6) is 1.38. The van der Waals surface area contributed by atoms with Crippen LogP contribution >= 0.6 is 0 Å². The fourth-order valence-electron chi connectivity index (χ4n) is 2.99. The van der Waals surface area contributed by atoms with Crippen LogP contribution in [-0.4, -0.2) is 31.8 Å². The van der Waals surface area contributed by atoms with Crippen LogP contribution in [0, 0.1) is 5.92 Å². The predicted molar refractivity (Wildman–Crippen MR) is 81.8 cm³/mol. The number of benzene rings is 1. The number of ether oxygens (including phenoxy) is 2. The van der Waals surface area contributed by atoms with E-state index in [1.807, 2.05) is 18.2 Å². The first kappa shape index (κ1) is 14.2. The maximum atomic E-state index is 11.2. The van der Waals surface area contributed by atoms with Crippen molar-refractivity contribution < 1.29 is 14.3 Å². The van der Waals surface area contributed by atoms with Gasteiger partial charge in [-0.3, -0.25) is 4.79 Å². The second kappa shape index (κ2) is 6.35. The third kappa shape index (κ3) is 3.67. The quantitative estimate of drug-likeness (QED) is 0.895. The molecule has 21 heavy (non-hydrogen) atoms. The molecular weight excluding hydrogens is 268 g/mol. The molecule has 0 bridgehead atoms. The van der Waals surface area contributed by atoms with E-state index in [2.05, 4.69) is 17.6 Å². The molecule has 0 aliphatic carbocycles. The summed E-state index contributed by atoms with van der Waals surface area (Å²) in [6, 6.07) is 6.23. The molecule has 0 aromatic heterocycles. The summed E-state index contributed by atoms with van der Waals surface area (Å²) in [7, 11) is 0. The number of anilines is 2. The Morgan fingerprint density at radius 1 is 1.38 bits per heavy atom. The number of carbonyl (C=O) groups is 1. The molecule has 0 radical (unpaired) electrons. The van der Waals surface area contributed by atoms with Crippen molar-refractivity contribution in [3.05, 3.63) is 18.2 Å². The monoisotopic (exact) mass is 290 g/mol. The van der Waals surface area contributed by atoms with Crippen molar-refractivity contribution in [3.8, 4) is 5.75 Å². The van der Waals surface area contributed by atoms with Crippen molar-refractivity contribution in [2.75, 3.05) is 30.5 Å². The Hall–Kier alpha value is -1.75. The fourth-order valence-corrected chi connectivity index (χ4v) is 2.99.